The van der Waals surface area contributed by atoms with Crippen molar-refractivity contribution in [2.24, 2.45) is 5.73 Å². The summed E-state index contributed by atoms with van der Waals surface area (Å²) in [4.78, 5) is 23.8. The van der Waals surface area contributed by atoms with E-state index in [-0.39, 0.29) is 11.2 Å². The highest BCUT2D eigenvalue weighted by Crippen LogP contribution is 2.07. The fraction of sp³-hybridized carbons (Fsp3) is 0.333. The lowest BCUT2D eigenvalue weighted by Gasteiger charge is -2.10. The van der Waals surface area contributed by atoms with E-state index in [0.29, 0.717) is 32.7 Å². The quantitative estimate of drug-likeness (QED) is 0.802. The van der Waals surface area contributed by atoms with Crippen LogP contribution in [0.25, 0.3) is 0 Å². The Labute approximate surface area is 122 Å². The van der Waals surface area contributed by atoms with Gasteiger partial charge in [-0.1, -0.05) is 18.2 Å². The fourth-order valence-electron chi connectivity index (χ4n) is 1.96. The first-order valence-electron chi connectivity index (χ1n) is 6.90. The molecule has 0 fully saturated rings. The van der Waals surface area contributed by atoms with Crippen LogP contribution in [0.2, 0.25) is 0 Å². The average Bonchev–Trinajstić information content (AvgIpc) is 2.50. The summed E-state index contributed by atoms with van der Waals surface area (Å²) in [6.45, 7) is 1.53. The third-order valence-electron chi connectivity index (χ3n) is 3.07. The number of para-hydroxylation sites is 1. The van der Waals surface area contributed by atoms with Gasteiger partial charge in [-0.25, -0.2) is 4.79 Å². The van der Waals surface area contributed by atoms with Crippen molar-refractivity contribution in [1.29, 1.82) is 0 Å². The maximum atomic E-state index is 12.2. The SMILES string of the molecule is NCCCn1c(=O)ccn(CCOc2ccccc2)c1=O. The summed E-state index contributed by atoms with van der Waals surface area (Å²) in [5, 5.41) is 0. The summed E-state index contributed by atoms with van der Waals surface area (Å²) in [5.41, 5.74) is 4.79. The van der Waals surface area contributed by atoms with Crippen LogP contribution >= 0.6 is 0 Å². The molecule has 0 aliphatic heterocycles. The molecular formula is C15H19N3O3. The van der Waals surface area contributed by atoms with E-state index in [1.165, 1.54) is 21.4 Å². The number of aromatic nitrogens is 2. The molecule has 0 aliphatic carbocycles. The van der Waals surface area contributed by atoms with Gasteiger partial charge in [-0.2, -0.15) is 0 Å². The molecule has 21 heavy (non-hydrogen) atoms. The van der Waals surface area contributed by atoms with Crippen molar-refractivity contribution in [1.82, 2.24) is 9.13 Å². The van der Waals surface area contributed by atoms with E-state index in [0.717, 1.165) is 5.75 Å². The Morgan fingerprint density at radius 1 is 1.05 bits per heavy atom. The molecule has 0 atom stereocenters. The molecule has 0 radical (unpaired) electrons. The van der Waals surface area contributed by atoms with Crippen LogP contribution in [-0.4, -0.2) is 22.3 Å². The molecule has 1 heterocycles. The predicted molar refractivity (Wildman–Crippen MR) is 80.6 cm³/mol. The maximum Gasteiger partial charge on any atom is 0.331 e. The Hall–Kier alpha value is -2.34. The van der Waals surface area contributed by atoms with Crippen molar-refractivity contribution >= 4 is 0 Å². The second kappa shape index (κ2) is 7.44. The smallest absolute Gasteiger partial charge is 0.331 e. The third-order valence-corrected chi connectivity index (χ3v) is 3.07. The van der Waals surface area contributed by atoms with Crippen LogP contribution in [0.3, 0.4) is 0 Å². The minimum atomic E-state index is -0.326. The van der Waals surface area contributed by atoms with E-state index in [1.54, 1.807) is 0 Å². The van der Waals surface area contributed by atoms with E-state index in [4.69, 9.17) is 10.5 Å². The largest absolute Gasteiger partial charge is 0.492 e. The van der Waals surface area contributed by atoms with Gasteiger partial charge >= 0.3 is 5.69 Å². The summed E-state index contributed by atoms with van der Waals surface area (Å²) < 4.78 is 8.23. The molecule has 0 amide bonds. The van der Waals surface area contributed by atoms with E-state index < -0.39 is 0 Å². The van der Waals surface area contributed by atoms with Crippen molar-refractivity contribution in [2.75, 3.05) is 13.2 Å². The summed E-state index contributed by atoms with van der Waals surface area (Å²) in [7, 11) is 0. The molecule has 0 unspecified atom stereocenters. The number of hydrogen-bond donors (Lipinski definition) is 1. The van der Waals surface area contributed by atoms with Crippen LogP contribution in [0.5, 0.6) is 5.75 Å². The molecule has 0 saturated heterocycles. The predicted octanol–water partition coefficient (Wildman–Crippen LogP) is 0.438. The molecule has 0 spiro atoms. The first-order chi connectivity index (χ1) is 10.2. The van der Waals surface area contributed by atoms with E-state index in [1.807, 2.05) is 30.3 Å². The standard InChI is InChI=1S/C15H19N3O3/c16-8-4-9-18-14(19)7-10-17(15(18)20)11-12-21-13-5-2-1-3-6-13/h1-3,5-7,10H,4,8-9,11-12,16H2. The van der Waals surface area contributed by atoms with Crippen LogP contribution in [0.15, 0.2) is 52.2 Å². The van der Waals surface area contributed by atoms with Crippen LogP contribution in [-0.2, 0) is 13.1 Å². The molecule has 0 aliphatic rings. The van der Waals surface area contributed by atoms with Crippen LogP contribution < -0.4 is 21.7 Å². The Balaban J connectivity index is 2.03. The molecule has 112 valence electrons. The maximum absolute atomic E-state index is 12.2. The lowest BCUT2D eigenvalue weighted by Crippen LogP contribution is -2.40. The highest BCUT2D eigenvalue weighted by Gasteiger charge is 2.04. The zero-order chi connectivity index (χ0) is 15.1. The van der Waals surface area contributed by atoms with Gasteiger partial charge in [0.25, 0.3) is 5.56 Å². The molecule has 2 rings (SSSR count). The van der Waals surface area contributed by atoms with E-state index in [9.17, 15) is 9.59 Å². The van der Waals surface area contributed by atoms with Crippen molar-refractivity contribution in [3.05, 3.63) is 63.4 Å². The summed E-state index contributed by atoms with van der Waals surface area (Å²) in [5.74, 6) is 0.752. The van der Waals surface area contributed by atoms with Crippen LogP contribution in [0, 0.1) is 0 Å². The van der Waals surface area contributed by atoms with Gasteiger partial charge < -0.3 is 10.5 Å². The number of ether oxygens (including phenoxy) is 1. The van der Waals surface area contributed by atoms with Crippen molar-refractivity contribution < 1.29 is 4.74 Å². The molecule has 2 N–H and O–H groups in total. The molecule has 6 nitrogen and oxygen atoms in total. The number of nitrogens with two attached hydrogens (primary N) is 1. The fourth-order valence-corrected chi connectivity index (χ4v) is 1.96. The molecular weight excluding hydrogens is 270 g/mol. The minimum Gasteiger partial charge on any atom is -0.492 e. The second-order valence-electron chi connectivity index (χ2n) is 4.59. The van der Waals surface area contributed by atoms with Gasteiger partial charge in [0, 0.05) is 18.8 Å². The molecule has 0 bridgehead atoms. The van der Waals surface area contributed by atoms with E-state index in [2.05, 4.69) is 0 Å². The number of hydrogen-bond acceptors (Lipinski definition) is 4. The monoisotopic (exact) mass is 289 g/mol. The number of benzene rings is 1. The minimum absolute atomic E-state index is 0.298. The Morgan fingerprint density at radius 2 is 1.81 bits per heavy atom. The Kier molecular flexibility index (Phi) is 5.34. The summed E-state index contributed by atoms with van der Waals surface area (Å²) in [6.07, 6.45) is 2.09. The normalized spacial score (nSPS) is 10.5. The third kappa shape index (κ3) is 4.06. The Morgan fingerprint density at radius 3 is 2.52 bits per heavy atom. The van der Waals surface area contributed by atoms with E-state index >= 15 is 0 Å². The highest BCUT2D eigenvalue weighted by molar-refractivity contribution is 5.20. The summed E-state index contributed by atoms with van der Waals surface area (Å²) >= 11 is 0. The zero-order valence-electron chi connectivity index (χ0n) is 11.8. The Bertz CT molecular complexity index is 677. The van der Waals surface area contributed by atoms with Crippen molar-refractivity contribution in [2.45, 2.75) is 19.5 Å². The molecule has 1 aromatic heterocycles. The van der Waals surface area contributed by atoms with Gasteiger partial charge in [0.2, 0.25) is 0 Å². The van der Waals surface area contributed by atoms with Gasteiger partial charge in [0.05, 0.1) is 6.54 Å². The van der Waals surface area contributed by atoms with Crippen molar-refractivity contribution in [3.8, 4) is 5.75 Å². The number of nitrogens with zero attached hydrogens (tertiary/aromatic N) is 2. The van der Waals surface area contributed by atoms with Gasteiger partial charge in [0.1, 0.15) is 12.4 Å². The molecule has 6 heteroatoms. The number of rotatable bonds is 7. The van der Waals surface area contributed by atoms with Crippen LogP contribution in [0.4, 0.5) is 0 Å². The second-order valence-corrected chi connectivity index (χ2v) is 4.59. The topological polar surface area (TPSA) is 79.2 Å². The molecule has 2 aromatic rings. The van der Waals surface area contributed by atoms with Gasteiger partial charge in [-0.3, -0.25) is 13.9 Å². The van der Waals surface area contributed by atoms with Gasteiger partial charge in [-0.15, -0.1) is 0 Å². The lowest BCUT2D eigenvalue weighted by atomic mass is 10.3. The molecule has 0 saturated carbocycles. The van der Waals surface area contributed by atoms with Crippen LogP contribution in [0.1, 0.15) is 6.42 Å². The zero-order valence-corrected chi connectivity index (χ0v) is 11.8. The average molecular weight is 289 g/mol. The molecule has 1 aromatic carbocycles. The van der Waals surface area contributed by atoms with Crippen molar-refractivity contribution in [3.63, 3.8) is 0 Å². The van der Waals surface area contributed by atoms with Gasteiger partial charge in [-0.05, 0) is 25.1 Å². The van der Waals surface area contributed by atoms with Gasteiger partial charge in [0.15, 0.2) is 0 Å². The summed E-state index contributed by atoms with van der Waals surface area (Å²) in [6, 6.07) is 10.8. The first kappa shape index (κ1) is 15.1. The lowest BCUT2D eigenvalue weighted by molar-refractivity contribution is 0.293. The first-order valence-corrected chi connectivity index (χ1v) is 6.90. The highest BCUT2D eigenvalue weighted by atomic mass is 16.5.